The Morgan fingerprint density at radius 3 is 1.61 bits per heavy atom. The summed E-state index contributed by atoms with van der Waals surface area (Å²) in [5.41, 5.74) is 12.6. The molecule has 0 saturated heterocycles. The molecular weight excluding hydrogens is 687 g/mol. The van der Waals surface area contributed by atoms with Crippen LogP contribution < -0.4 is 0 Å². The van der Waals surface area contributed by atoms with Crippen molar-refractivity contribution < 1.29 is 4.42 Å². The number of fused-ring (bicyclic) bond motifs is 6. The quantitative estimate of drug-likeness (QED) is 0.171. The van der Waals surface area contributed by atoms with Gasteiger partial charge in [-0.25, -0.2) is 19.9 Å². The highest BCUT2D eigenvalue weighted by molar-refractivity contribution is 6.11. The molecule has 0 N–H and O–H groups in total. The first-order valence-corrected chi connectivity index (χ1v) is 18.6. The molecule has 0 fully saturated rings. The highest BCUT2D eigenvalue weighted by Crippen LogP contribution is 2.39. The second-order valence-corrected chi connectivity index (χ2v) is 13.9. The van der Waals surface area contributed by atoms with Gasteiger partial charge < -0.3 is 8.98 Å². The maximum absolute atomic E-state index is 6.68. The number of rotatable bonds is 6. The van der Waals surface area contributed by atoms with E-state index in [0.717, 1.165) is 55.8 Å². The molecule has 11 aromatic rings. The number of hydrogen-bond donors (Lipinski definition) is 0. The zero-order valence-corrected chi connectivity index (χ0v) is 30.0. The molecule has 262 valence electrons. The summed E-state index contributed by atoms with van der Waals surface area (Å²) in [5.74, 6) is 1.04. The van der Waals surface area contributed by atoms with Crippen LogP contribution >= 0.6 is 0 Å². The van der Waals surface area contributed by atoms with Gasteiger partial charge in [0, 0.05) is 38.5 Å². The first-order chi connectivity index (χ1) is 27.7. The Bertz CT molecular complexity index is 3170. The molecule has 0 aliphatic carbocycles. The lowest BCUT2D eigenvalue weighted by Crippen LogP contribution is -2.00. The van der Waals surface area contributed by atoms with Crippen LogP contribution in [0.5, 0.6) is 0 Å². The molecule has 6 heteroatoms. The summed E-state index contributed by atoms with van der Waals surface area (Å²) in [4.78, 5) is 20.6. The Morgan fingerprint density at radius 1 is 0.375 bits per heavy atom. The van der Waals surface area contributed by atoms with E-state index in [1.165, 1.54) is 16.3 Å². The third kappa shape index (κ3) is 5.35. The van der Waals surface area contributed by atoms with Crippen LogP contribution in [0.3, 0.4) is 0 Å². The van der Waals surface area contributed by atoms with Crippen LogP contribution in [0.2, 0.25) is 0 Å². The number of aromatic nitrogens is 5. The van der Waals surface area contributed by atoms with E-state index in [4.69, 9.17) is 24.4 Å². The van der Waals surface area contributed by atoms with Gasteiger partial charge in [-0.15, -0.1) is 0 Å². The van der Waals surface area contributed by atoms with Crippen molar-refractivity contribution in [3.8, 4) is 62.2 Å². The molecule has 0 saturated carbocycles. The maximum Gasteiger partial charge on any atom is 0.183 e. The van der Waals surface area contributed by atoms with Gasteiger partial charge in [0.2, 0.25) is 0 Å². The molecule has 11 rings (SSSR count). The highest BCUT2D eigenvalue weighted by Gasteiger charge is 2.22. The Balaban J connectivity index is 1.13. The van der Waals surface area contributed by atoms with Crippen LogP contribution in [0, 0.1) is 0 Å². The second-order valence-electron chi connectivity index (χ2n) is 13.9. The van der Waals surface area contributed by atoms with E-state index in [9.17, 15) is 0 Å². The number of furan rings is 1. The lowest BCUT2D eigenvalue weighted by Gasteiger charge is -2.10. The van der Waals surface area contributed by atoms with E-state index >= 15 is 0 Å². The summed E-state index contributed by atoms with van der Waals surface area (Å²) < 4.78 is 9.02. The van der Waals surface area contributed by atoms with Crippen molar-refractivity contribution in [1.29, 1.82) is 0 Å². The van der Waals surface area contributed by atoms with Crippen molar-refractivity contribution in [3.05, 3.63) is 188 Å². The fraction of sp³-hybridized carbons (Fsp3) is 0. The fourth-order valence-electron chi connectivity index (χ4n) is 7.77. The second kappa shape index (κ2) is 13.0. The Labute approximate surface area is 322 Å². The molecule has 0 aliphatic rings. The van der Waals surface area contributed by atoms with Crippen LogP contribution in [0.15, 0.2) is 192 Å². The van der Waals surface area contributed by atoms with Gasteiger partial charge in [0.1, 0.15) is 11.1 Å². The molecule has 0 bridgehead atoms. The lowest BCUT2D eigenvalue weighted by atomic mass is 10.0. The topological polar surface area (TPSA) is 69.6 Å². The molecule has 6 nitrogen and oxygen atoms in total. The molecule has 0 unspecified atom stereocenters. The minimum absolute atomic E-state index is 0.467. The first kappa shape index (κ1) is 31.8. The third-order valence-corrected chi connectivity index (χ3v) is 10.4. The summed E-state index contributed by atoms with van der Waals surface area (Å²) in [7, 11) is 0. The minimum atomic E-state index is 0.467. The summed E-state index contributed by atoms with van der Waals surface area (Å²) in [5, 5.41) is 3.30. The Hall–Kier alpha value is -7.70. The molecule has 0 atom stereocenters. The van der Waals surface area contributed by atoms with Gasteiger partial charge in [0.15, 0.2) is 22.9 Å². The van der Waals surface area contributed by atoms with Crippen molar-refractivity contribution in [2.24, 2.45) is 0 Å². The van der Waals surface area contributed by atoms with Crippen molar-refractivity contribution in [2.75, 3.05) is 0 Å². The number of nitrogens with zero attached hydrogens (tertiary/aromatic N) is 5. The van der Waals surface area contributed by atoms with Gasteiger partial charge in [-0.3, -0.25) is 0 Å². The van der Waals surface area contributed by atoms with E-state index in [-0.39, 0.29) is 0 Å². The molecule has 4 heterocycles. The molecule has 0 radical (unpaired) electrons. The largest absolute Gasteiger partial charge is 0.452 e. The van der Waals surface area contributed by atoms with Crippen LogP contribution in [0.1, 0.15) is 0 Å². The van der Waals surface area contributed by atoms with Crippen molar-refractivity contribution in [1.82, 2.24) is 24.5 Å². The predicted molar refractivity (Wildman–Crippen MR) is 226 cm³/mol. The zero-order valence-electron chi connectivity index (χ0n) is 30.0. The van der Waals surface area contributed by atoms with Gasteiger partial charge in [-0.05, 0) is 59.7 Å². The van der Waals surface area contributed by atoms with Crippen molar-refractivity contribution in [2.45, 2.75) is 0 Å². The van der Waals surface area contributed by atoms with Gasteiger partial charge in [-0.2, -0.15) is 0 Å². The van der Waals surface area contributed by atoms with E-state index < -0.39 is 0 Å². The molecule has 7 aromatic carbocycles. The van der Waals surface area contributed by atoms with Crippen LogP contribution in [-0.4, -0.2) is 24.5 Å². The van der Waals surface area contributed by atoms with Crippen molar-refractivity contribution in [3.63, 3.8) is 0 Å². The number of para-hydroxylation sites is 2. The predicted octanol–water partition coefficient (Wildman–Crippen LogP) is 12.6. The van der Waals surface area contributed by atoms with E-state index in [0.29, 0.717) is 34.0 Å². The Kier molecular flexibility index (Phi) is 7.38. The molecule has 0 aliphatic heterocycles. The third-order valence-electron chi connectivity index (χ3n) is 10.4. The molecule has 0 spiro atoms. The van der Waals surface area contributed by atoms with E-state index in [1.54, 1.807) is 0 Å². The molecule has 0 amide bonds. The van der Waals surface area contributed by atoms with Gasteiger partial charge in [0.05, 0.1) is 22.4 Å². The van der Waals surface area contributed by atoms with Crippen LogP contribution in [0.4, 0.5) is 0 Å². The normalized spacial score (nSPS) is 11.6. The molecule has 56 heavy (non-hydrogen) atoms. The smallest absolute Gasteiger partial charge is 0.183 e. The summed E-state index contributed by atoms with van der Waals surface area (Å²) in [6.45, 7) is 0. The number of benzene rings is 7. The standard InChI is InChI=1S/C50H31N5O/c1-5-15-32(16-6-1)41-31-42(33-17-7-2-8-18-33)52-50(51-41)47-48-46(53-49(54-47)34-19-9-3-10-20-34)40-30-36(26-28-45(40)56-48)35-25-27-44-39(29-35)38-23-13-14-24-43(38)55(44)37-21-11-4-12-22-37/h1-31H. The summed E-state index contributed by atoms with van der Waals surface area (Å²) in [6, 6.07) is 64.6. The highest BCUT2D eigenvalue weighted by atomic mass is 16.3. The van der Waals surface area contributed by atoms with Gasteiger partial charge in [0.25, 0.3) is 0 Å². The average molecular weight is 718 g/mol. The monoisotopic (exact) mass is 717 g/mol. The summed E-state index contributed by atoms with van der Waals surface area (Å²) >= 11 is 0. The average Bonchev–Trinajstić information content (AvgIpc) is 3.82. The van der Waals surface area contributed by atoms with Gasteiger partial charge in [-0.1, -0.05) is 140 Å². The first-order valence-electron chi connectivity index (χ1n) is 18.6. The van der Waals surface area contributed by atoms with Gasteiger partial charge >= 0.3 is 0 Å². The molecular formula is C50H31N5O. The van der Waals surface area contributed by atoms with Crippen LogP contribution in [-0.2, 0) is 0 Å². The maximum atomic E-state index is 6.68. The fourth-order valence-corrected chi connectivity index (χ4v) is 7.77. The lowest BCUT2D eigenvalue weighted by molar-refractivity contribution is 0.666. The SMILES string of the molecule is c1ccc(-c2cc(-c3ccccc3)nc(-c3nc(-c4ccccc4)nc4c3oc3ccc(-c5ccc6c(c5)c5ccccc5n6-c5ccccc5)cc34)n2)cc1. The Morgan fingerprint density at radius 2 is 0.929 bits per heavy atom. The van der Waals surface area contributed by atoms with Crippen molar-refractivity contribution >= 4 is 43.9 Å². The zero-order chi connectivity index (χ0) is 37.0. The minimum Gasteiger partial charge on any atom is -0.452 e. The van der Waals surface area contributed by atoms with E-state index in [1.807, 2.05) is 78.9 Å². The molecule has 4 aromatic heterocycles. The van der Waals surface area contributed by atoms with Crippen LogP contribution in [0.25, 0.3) is 106 Å². The number of hydrogen-bond acceptors (Lipinski definition) is 5. The summed E-state index contributed by atoms with van der Waals surface area (Å²) in [6.07, 6.45) is 0. The van der Waals surface area contributed by atoms with E-state index in [2.05, 4.69) is 114 Å².